The number of phosphoric ester groups is 1. The number of likely N-dealkylation sites (N-methyl/N-ethyl adjacent to an activating group) is 1. The summed E-state index contributed by atoms with van der Waals surface area (Å²) in [4.78, 5) is 24.9. The Morgan fingerprint density at radius 2 is 1.12 bits per heavy atom. The molecule has 0 radical (unpaired) electrons. The zero-order chi connectivity index (χ0) is 35.8. The summed E-state index contributed by atoms with van der Waals surface area (Å²) >= 11 is 0. The third-order valence-electron chi connectivity index (χ3n) is 9.00. The van der Waals surface area contributed by atoms with Gasteiger partial charge in [-0.25, -0.2) is 0 Å². The molecule has 3 atom stereocenters. The minimum atomic E-state index is -4.56. The van der Waals surface area contributed by atoms with Gasteiger partial charge in [-0.3, -0.25) is 9.36 Å². The van der Waals surface area contributed by atoms with Crippen LogP contribution in [-0.2, 0) is 18.4 Å². The molecule has 0 spiro atoms. The zero-order valence-corrected chi connectivity index (χ0v) is 33.1. The fourth-order valence-corrected chi connectivity index (χ4v) is 6.45. The fourth-order valence-electron chi connectivity index (χ4n) is 5.73. The van der Waals surface area contributed by atoms with Crippen molar-refractivity contribution in [2.24, 2.45) is 0 Å². The van der Waals surface area contributed by atoms with Crippen LogP contribution >= 0.6 is 7.82 Å². The molecule has 2 N–H and O–H groups in total. The third kappa shape index (κ3) is 33.7. The standard InChI is InChI=1S/C39H79N2O6P/c1-6-8-10-12-13-14-15-16-17-18-19-20-21-22-23-24-25-26-27-28-29-31-33-39(43)40-37(38(42)32-30-11-9-7-2)36-47-48(44,45)46-35-34-41(3,4)5/h30,32,37-38,42H,6-29,31,33-36H2,1-5H3,(H-,40,43,44,45)/b32-30+. The number of aliphatic hydroxyl groups is 1. The summed E-state index contributed by atoms with van der Waals surface area (Å²) in [6, 6.07) is -0.876. The zero-order valence-electron chi connectivity index (χ0n) is 32.2. The highest BCUT2D eigenvalue weighted by molar-refractivity contribution is 7.45. The molecule has 48 heavy (non-hydrogen) atoms. The van der Waals surface area contributed by atoms with Gasteiger partial charge in [-0.2, -0.15) is 0 Å². The normalized spacial score (nSPS) is 14.7. The second-order valence-corrected chi connectivity index (χ2v) is 16.4. The Bertz CT molecular complexity index is 804. The minimum absolute atomic E-state index is 0.000283. The van der Waals surface area contributed by atoms with E-state index in [1.165, 1.54) is 122 Å². The number of unbranched alkanes of at least 4 members (excludes halogenated alkanes) is 23. The molecule has 0 bridgehead atoms. The van der Waals surface area contributed by atoms with Crippen LogP contribution in [0.15, 0.2) is 12.2 Å². The van der Waals surface area contributed by atoms with Crippen LogP contribution in [-0.4, -0.2) is 68.5 Å². The van der Waals surface area contributed by atoms with Crippen LogP contribution < -0.4 is 10.2 Å². The predicted octanol–water partition coefficient (Wildman–Crippen LogP) is 9.78. The number of hydrogen-bond donors (Lipinski definition) is 2. The Kier molecular flexibility index (Phi) is 31.7. The number of carbonyl (C=O) groups is 1. The lowest BCUT2D eigenvalue weighted by atomic mass is 10.0. The number of hydrogen-bond acceptors (Lipinski definition) is 6. The van der Waals surface area contributed by atoms with Crippen molar-refractivity contribution in [3.8, 4) is 0 Å². The average Bonchev–Trinajstić information content (AvgIpc) is 3.03. The van der Waals surface area contributed by atoms with Crippen molar-refractivity contribution >= 4 is 13.7 Å². The van der Waals surface area contributed by atoms with Crippen LogP contribution in [0.1, 0.15) is 181 Å². The van der Waals surface area contributed by atoms with Crippen LogP contribution in [0.4, 0.5) is 0 Å². The molecule has 0 aliphatic heterocycles. The van der Waals surface area contributed by atoms with E-state index in [2.05, 4.69) is 19.2 Å². The van der Waals surface area contributed by atoms with Crippen molar-refractivity contribution in [3.05, 3.63) is 12.2 Å². The van der Waals surface area contributed by atoms with Gasteiger partial charge in [-0.05, 0) is 12.8 Å². The van der Waals surface area contributed by atoms with Gasteiger partial charge in [0, 0.05) is 6.42 Å². The lowest BCUT2D eigenvalue weighted by Crippen LogP contribution is -2.45. The first-order valence-electron chi connectivity index (χ1n) is 20.1. The predicted molar refractivity (Wildman–Crippen MR) is 201 cm³/mol. The molecule has 0 rings (SSSR count). The highest BCUT2D eigenvalue weighted by atomic mass is 31.2. The SMILES string of the molecule is CCCC/C=C/C(O)C(COP(=O)([O-])OCC[N+](C)(C)C)NC(=O)CCCCCCCCCCCCCCCCCCCCCCCC. The Morgan fingerprint density at radius 1 is 0.708 bits per heavy atom. The number of aliphatic hydroxyl groups excluding tert-OH is 1. The summed E-state index contributed by atoms with van der Waals surface area (Å²) in [5.41, 5.74) is 0. The van der Waals surface area contributed by atoms with Gasteiger partial charge in [0.2, 0.25) is 5.91 Å². The molecule has 0 fully saturated rings. The van der Waals surface area contributed by atoms with Crippen LogP contribution in [0.2, 0.25) is 0 Å². The molecule has 0 aromatic rings. The quantitative estimate of drug-likeness (QED) is 0.0291. The van der Waals surface area contributed by atoms with E-state index in [1.807, 2.05) is 27.2 Å². The number of phosphoric acid groups is 1. The summed E-state index contributed by atoms with van der Waals surface area (Å²) < 4.78 is 22.9. The highest BCUT2D eigenvalue weighted by Crippen LogP contribution is 2.38. The van der Waals surface area contributed by atoms with Crippen molar-refractivity contribution in [3.63, 3.8) is 0 Å². The molecule has 3 unspecified atom stereocenters. The van der Waals surface area contributed by atoms with E-state index in [-0.39, 0.29) is 19.1 Å². The van der Waals surface area contributed by atoms with Crippen molar-refractivity contribution in [2.75, 3.05) is 40.9 Å². The van der Waals surface area contributed by atoms with Crippen LogP contribution in [0.5, 0.6) is 0 Å². The molecule has 286 valence electrons. The van der Waals surface area contributed by atoms with E-state index < -0.39 is 20.0 Å². The van der Waals surface area contributed by atoms with Gasteiger partial charge in [-0.15, -0.1) is 0 Å². The van der Waals surface area contributed by atoms with Crippen molar-refractivity contribution in [1.82, 2.24) is 5.32 Å². The lowest BCUT2D eigenvalue weighted by Gasteiger charge is -2.29. The van der Waals surface area contributed by atoms with E-state index in [0.717, 1.165) is 38.5 Å². The second kappa shape index (κ2) is 32.2. The number of quaternary nitrogens is 1. The summed E-state index contributed by atoms with van der Waals surface area (Å²) in [6.45, 7) is 4.49. The van der Waals surface area contributed by atoms with Gasteiger partial charge >= 0.3 is 0 Å². The first-order valence-corrected chi connectivity index (χ1v) is 21.5. The first-order chi connectivity index (χ1) is 23.0. The minimum Gasteiger partial charge on any atom is -0.756 e. The van der Waals surface area contributed by atoms with Gasteiger partial charge in [0.15, 0.2) is 0 Å². The number of amides is 1. The van der Waals surface area contributed by atoms with Gasteiger partial charge in [0.25, 0.3) is 7.82 Å². The second-order valence-electron chi connectivity index (χ2n) is 15.0. The maximum Gasteiger partial charge on any atom is 0.268 e. The average molecular weight is 703 g/mol. The molecular formula is C39H79N2O6P. The number of allylic oxidation sites excluding steroid dienone is 1. The third-order valence-corrected chi connectivity index (χ3v) is 9.96. The van der Waals surface area contributed by atoms with Crippen LogP contribution in [0.25, 0.3) is 0 Å². The Balaban J connectivity index is 3.99. The summed E-state index contributed by atoms with van der Waals surface area (Å²) in [5.74, 6) is -0.204. The molecule has 0 aliphatic carbocycles. The van der Waals surface area contributed by atoms with E-state index in [1.54, 1.807) is 6.08 Å². The summed E-state index contributed by atoms with van der Waals surface area (Å²) in [5, 5.41) is 13.5. The topological polar surface area (TPSA) is 108 Å². The number of nitrogens with zero attached hydrogens (tertiary/aromatic N) is 1. The van der Waals surface area contributed by atoms with Crippen LogP contribution in [0, 0.1) is 0 Å². The molecule has 0 heterocycles. The maximum atomic E-state index is 12.7. The molecule has 0 saturated heterocycles. The van der Waals surface area contributed by atoms with Gasteiger partial charge in [0.05, 0.1) is 39.9 Å². The van der Waals surface area contributed by atoms with Crippen molar-refractivity contribution < 1.29 is 32.9 Å². The number of carbonyl (C=O) groups excluding carboxylic acids is 1. The molecule has 0 saturated carbocycles. The molecular weight excluding hydrogens is 623 g/mol. The molecule has 0 aliphatic rings. The summed E-state index contributed by atoms with van der Waals surface area (Å²) in [7, 11) is 1.26. The van der Waals surface area contributed by atoms with E-state index >= 15 is 0 Å². The van der Waals surface area contributed by atoms with Crippen molar-refractivity contribution in [2.45, 2.75) is 193 Å². The van der Waals surface area contributed by atoms with Gasteiger partial charge < -0.3 is 28.8 Å². The van der Waals surface area contributed by atoms with E-state index in [0.29, 0.717) is 17.4 Å². The number of rotatable bonds is 36. The monoisotopic (exact) mass is 703 g/mol. The highest BCUT2D eigenvalue weighted by Gasteiger charge is 2.23. The summed E-state index contributed by atoms with van der Waals surface area (Å²) in [6.07, 6.45) is 34.7. The molecule has 0 aromatic heterocycles. The Hall–Kier alpha value is -0.760. The van der Waals surface area contributed by atoms with Gasteiger partial charge in [0.1, 0.15) is 13.2 Å². The van der Waals surface area contributed by atoms with Crippen molar-refractivity contribution in [1.29, 1.82) is 0 Å². The molecule has 0 aromatic carbocycles. The lowest BCUT2D eigenvalue weighted by molar-refractivity contribution is -0.870. The van der Waals surface area contributed by atoms with Crippen LogP contribution in [0.3, 0.4) is 0 Å². The first kappa shape index (κ1) is 47.2. The number of nitrogens with one attached hydrogen (secondary N) is 1. The van der Waals surface area contributed by atoms with E-state index in [4.69, 9.17) is 9.05 Å². The fraction of sp³-hybridized carbons (Fsp3) is 0.923. The smallest absolute Gasteiger partial charge is 0.268 e. The Morgan fingerprint density at radius 3 is 1.54 bits per heavy atom. The largest absolute Gasteiger partial charge is 0.756 e. The van der Waals surface area contributed by atoms with E-state index in [9.17, 15) is 19.4 Å². The molecule has 1 amide bonds. The molecule has 9 heteroatoms. The Labute approximate surface area is 297 Å². The maximum absolute atomic E-state index is 12.7. The molecule has 8 nitrogen and oxygen atoms in total. The van der Waals surface area contributed by atoms with Gasteiger partial charge in [-0.1, -0.05) is 174 Å².